The molecule has 0 aliphatic rings. The number of carbonyl (C=O) groups excluding carboxylic acids is 1. The first-order valence-corrected chi connectivity index (χ1v) is 10.9. The van der Waals surface area contributed by atoms with Gasteiger partial charge in [0.05, 0.1) is 14.9 Å². The topological polar surface area (TPSA) is 63.7 Å². The summed E-state index contributed by atoms with van der Waals surface area (Å²) in [6.45, 7) is 4.47. The van der Waals surface area contributed by atoms with Crippen molar-refractivity contribution in [2.24, 2.45) is 0 Å². The number of benzene rings is 2. The molecule has 0 saturated heterocycles. The van der Waals surface area contributed by atoms with Crippen molar-refractivity contribution in [1.29, 1.82) is 0 Å². The zero-order valence-electron chi connectivity index (χ0n) is 15.6. The molecule has 2 rings (SSSR count). The Labute approximate surface area is 175 Å². The lowest BCUT2D eigenvalue weighted by Crippen LogP contribution is -2.30. The lowest BCUT2D eigenvalue weighted by atomic mass is 10.2. The predicted octanol–water partition coefficient (Wildman–Crippen LogP) is 4.78. The van der Waals surface area contributed by atoms with Gasteiger partial charge in [-0.1, -0.05) is 55.2 Å². The first-order valence-electron chi connectivity index (χ1n) is 8.67. The van der Waals surface area contributed by atoms with Gasteiger partial charge in [0.1, 0.15) is 6.61 Å². The summed E-state index contributed by atoms with van der Waals surface area (Å²) in [6, 6.07) is 11.3. The Kier molecular flexibility index (Phi) is 8.07. The highest BCUT2D eigenvalue weighted by atomic mass is 35.5. The summed E-state index contributed by atoms with van der Waals surface area (Å²) >= 11 is 11.8. The maximum absolute atomic E-state index is 12.5. The van der Waals surface area contributed by atoms with Crippen molar-refractivity contribution in [3.63, 3.8) is 0 Å². The fourth-order valence-electron chi connectivity index (χ4n) is 2.46. The van der Waals surface area contributed by atoms with Crippen LogP contribution in [-0.4, -0.2) is 31.8 Å². The monoisotopic (exact) mass is 441 g/mol. The third-order valence-corrected chi connectivity index (χ3v) is 6.80. The normalized spacial score (nSPS) is 11.9. The van der Waals surface area contributed by atoms with E-state index in [1.165, 1.54) is 22.5 Å². The van der Waals surface area contributed by atoms with E-state index in [0.717, 1.165) is 5.56 Å². The Balaban J connectivity index is 1.98. The Morgan fingerprint density at radius 3 is 2.25 bits per heavy atom. The van der Waals surface area contributed by atoms with Crippen molar-refractivity contribution in [3.8, 4) is 0 Å². The largest absolute Gasteiger partial charge is 0.458 e. The molecular formula is C20H21Cl2NO4S. The molecule has 0 N–H and O–H groups in total. The van der Waals surface area contributed by atoms with Crippen LogP contribution in [0.2, 0.25) is 10.0 Å². The molecule has 0 saturated carbocycles. The van der Waals surface area contributed by atoms with Crippen LogP contribution in [0.25, 0.3) is 6.08 Å². The van der Waals surface area contributed by atoms with Gasteiger partial charge in [0.25, 0.3) is 0 Å². The Morgan fingerprint density at radius 1 is 1.04 bits per heavy atom. The highest BCUT2D eigenvalue weighted by molar-refractivity contribution is 7.89. The Hall–Kier alpha value is -1.86. The van der Waals surface area contributed by atoms with Crippen molar-refractivity contribution in [2.45, 2.75) is 25.3 Å². The maximum Gasteiger partial charge on any atom is 0.331 e. The molecule has 2 aromatic rings. The van der Waals surface area contributed by atoms with Crippen LogP contribution < -0.4 is 0 Å². The third kappa shape index (κ3) is 5.82. The van der Waals surface area contributed by atoms with Gasteiger partial charge in [-0.25, -0.2) is 13.2 Å². The molecule has 8 heteroatoms. The molecule has 150 valence electrons. The minimum absolute atomic E-state index is 0.0705. The molecule has 0 unspecified atom stereocenters. The fraction of sp³-hybridized carbons (Fsp3) is 0.250. The van der Waals surface area contributed by atoms with E-state index in [1.54, 1.807) is 50.3 Å². The average molecular weight is 442 g/mol. The van der Waals surface area contributed by atoms with Gasteiger partial charge in [-0.05, 0) is 41.5 Å². The van der Waals surface area contributed by atoms with E-state index in [-0.39, 0.29) is 11.5 Å². The van der Waals surface area contributed by atoms with Crippen molar-refractivity contribution in [3.05, 3.63) is 69.7 Å². The number of hydrogen-bond acceptors (Lipinski definition) is 4. The number of carbonyl (C=O) groups is 1. The molecule has 0 radical (unpaired) electrons. The molecule has 0 heterocycles. The van der Waals surface area contributed by atoms with Crippen LogP contribution in [0.3, 0.4) is 0 Å². The standard InChI is InChI=1S/C20H21Cl2NO4S/c1-3-23(4-2)28(25,26)17-9-5-15(6-10-17)8-12-20(24)27-14-16-7-11-18(21)19(22)13-16/h5-13H,3-4,14H2,1-2H3/b12-8+. The van der Waals surface area contributed by atoms with E-state index in [0.29, 0.717) is 28.7 Å². The zero-order valence-corrected chi connectivity index (χ0v) is 17.9. The van der Waals surface area contributed by atoms with Crippen LogP contribution in [0.15, 0.2) is 53.4 Å². The minimum Gasteiger partial charge on any atom is -0.458 e. The molecule has 2 aromatic carbocycles. The average Bonchev–Trinajstić information content (AvgIpc) is 2.68. The van der Waals surface area contributed by atoms with Gasteiger partial charge in [-0.3, -0.25) is 0 Å². The van der Waals surface area contributed by atoms with E-state index < -0.39 is 16.0 Å². The van der Waals surface area contributed by atoms with Gasteiger partial charge >= 0.3 is 5.97 Å². The maximum atomic E-state index is 12.5. The Bertz CT molecular complexity index is 953. The van der Waals surface area contributed by atoms with Gasteiger partial charge in [0.2, 0.25) is 10.0 Å². The van der Waals surface area contributed by atoms with Crippen molar-refractivity contribution in [2.75, 3.05) is 13.1 Å². The van der Waals surface area contributed by atoms with E-state index in [1.807, 2.05) is 0 Å². The van der Waals surface area contributed by atoms with Gasteiger partial charge in [-0.15, -0.1) is 0 Å². The molecule has 0 atom stereocenters. The van der Waals surface area contributed by atoms with E-state index in [4.69, 9.17) is 27.9 Å². The summed E-state index contributed by atoms with van der Waals surface area (Å²) in [4.78, 5) is 12.1. The number of nitrogens with zero attached hydrogens (tertiary/aromatic N) is 1. The summed E-state index contributed by atoms with van der Waals surface area (Å²) in [6.07, 6.45) is 2.84. The highest BCUT2D eigenvalue weighted by Crippen LogP contribution is 2.23. The summed E-state index contributed by atoms with van der Waals surface area (Å²) < 4.78 is 31.4. The van der Waals surface area contributed by atoms with Crippen molar-refractivity contribution < 1.29 is 17.9 Å². The second-order valence-corrected chi connectivity index (χ2v) is 8.60. The summed E-state index contributed by atoms with van der Waals surface area (Å²) in [5.74, 6) is -0.522. The van der Waals surface area contributed by atoms with Gasteiger partial charge in [0, 0.05) is 19.2 Å². The number of sulfonamides is 1. The molecule has 0 bridgehead atoms. The lowest BCUT2D eigenvalue weighted by Gasteiger charge is -2.18. The minimum atomic E-state index is -3.50. The molecule has 0 aliphatic carbocycles. The second kappa shape index (κ2) is 10.1. The summed E-state index contributed by atoms with van der Waals surface area (Å²) in [5, 5.41) is 0.827. The zero-order chi connectivity index (χ0) is 20.7. The first kappa shape index (κ1) is 22.4. The quantitative estimate of drug-likeness (QED) is 0.436. The number of hydrogen-bond donors (Lipinski definition) is 0. The molecule has 28 heavy (non-hydrogen) atoms. The summed E-state index contributed by atoms with van der Waals surface area (Å²) in [7, 11) is -3.50. The number of ether oxygens (including phenoxy) is 1. The molecule has 5 nitrogen and oxygen atoms in total. The van der Waals surface area contributed by atoms with Crippen molar-refractivity contribution in [1.82, 2.24) is 4.31 Å². The second-order valence-electron chi connectivity index (χ2n) is 5.85. The Morgan fingerprint density at radius 2 is 1.68 bits per heavy atom. The smallest absolute Gasteiger partial charge is 0.331 e. The van der Waals surface area contributed by atoms with Crippen LogP contribution in [0.4, 0.5) is 0 Å². The van der Waals surface area contributed by atoms with Crippen molar-refractivity contribution >= 4 is 45.3 Å². The van der Waals surface area contributed by atoms with Gasteiger partial charge in [0.15, 0.2) is 0 Å². The lowest BCUT2D eigenvalue weighted by molar-refractivity contribution is -0.138. The van der Waals surface area contributed by atoms with Gasteiger partial charge < -0.3 is 4.74 Å². The predicted molar refractivity (Wildman–Crippen MR) is 112 cm³/mol. The van der Waals surface area contributed by atoms with Crippen LogP contribution in [-0.2, 0) is 26.2 Å². The van der Waals surface area contributed by atoms with Gasteiger partial charge in [-0.2, -0.15) is 4.31 Å². The van der Waals surface area contributed by atoms with E-state index >= 15 is 0 Å². The van der Waals surface area contributed by atoms with E-state index in [2.05, 4.69) is 0 Å². The van der Waals surface area contributed by atoms with Crippen LogP contribution in [0, 0.1) is 0 Å². The molecule has 0 spiro atoms. The molecule has 0 amide bonds. The fourth-order valence-corrected chi connectivity index (χ4v) is 4.24. The van der Waals surface area contributed by atoms with E-state index in [9.17, 15) is 13.2 Å². The molecule has 0 aromatic heterocycles. The van der Waals surface area contributed by atoms with Crippen LogP contribution in [0.5, 0.6) is 0 Å². The third-order valence-electron chi connectivity index (χ3n) is 4.00. The number of rotatable bonds is 8. The first-order chi connectivity index (χ1) is 13.3. The highest BCUT2D eigenvalue weighted by Gasteiger charge is 2.20. The molecule has 0 aliphatic heterocycles. The number of halogens is 2. The van der Waals surface area contributed by atoms with Crippen LogP contribution >= 0.6 is 23.2 Å². The molecular weight excluding hydrogens is 421 g/mol. The molecule has 0 fully saturated rings. The summed E-state index contributed by atoms with van der Waals surface area (Å²) in [5.41, 5.74) is 1.41. The SMILES string of the molecule is CCN(CC)S(=O)(=O)c1ccc(/C=C/C(=O)OCc2ccc(Cl)c(Cl)c2)cc1. The van der Waals surface area contributed by atoms with Crippen LogP contribution in [0.1, 0.15) is 25.0 Å². The number of esters is 1.